The fourth-order valence-electron chi connectivity index (χ4n) is 1.79. The highest BCUT2D eigenvalue weighted by molar-refractivity contribution is 8.00. The Hall–Kier alpha value is -2.47. The number of benzene rings is 2. The molecule has 0 aliphatic heterocycles. The summed E-state index contributed by atoms with van der Waals surface area (Å²) in [6.45, 7) is 0. The molecule has 4 N–H and O–H groups in total. The lowest BCUT2D eigenvalue weighted by Crippen LogP contribution is -2.08. The predicted octanol–water partition coefficient (Wildman–Crippen LogP) is 2.89. The molecule has 21 heavy (non-hydrogen) atoms. The van der Waals surface area contributed by atoms with Gasteiger partial charge in [-0.3, -0.25) is 4.79 Å². The third-order valence-electron chi connectivity index (χ3n) is 2.80. The Morgan fingerprint density at radius 3 is 2.24 bits per heavy atom. The van der Waals surface area contributed by atoms with Crippen LogP contribution < -0.4 is 5.73 Å². The summed E-state index contributed by atoms with van der Waals surface area (Å²) in [7, 11) is 0. The molecule has 2 aromatic carbocycles. The fraction of sp³-hybridized carbons (Fsp3) is 0.0667. The summed E-state index contributed by atoms with van der Waals surface area (Å²) in [4.78, 5) is 23.0. The van der Waals surface area contributed by atoms with Crippen molar-refractivity contribution in [3.8, 4) is 0 Å². The molecule has 0 saturated carbocycles. The first-order valence-corrected chi connectivity index (χ1v) is 6.93. The van der Waals surface area contributed by atoms with Gasteiger partial charge in [0.05, 0.1) is 5.56 Å². The average Bonchev–Trinajstić information content (AvgIpc) is 2.44. The molecular weight excluding hydrogens is 290 g/mol. The van der Waals surface area contributed by atoms with E-state index in [1.165, 1.54) is 24.3 Å². The van der Waals surface area contributed by atoms with Crippen molar-refractivity contribution in [2.75, 3.05) is 5.73 Å². The lowest BCUT2D eigenvalue weighted by atomic mass is 10.1. The van der Waals surface area contributed by atoms with Gasteiger partial charge in [0, 0.05) is 10.6 Å². The summed E-state index contributed by atoms with van der Waals surface area (Å²) in [5, 5.41) is 17.4. The van der Waals surface area contributed by atoms with Crippen molar-refractivity contribution in [1.29, 1.82) is 0 Å². The number of thioether (sulfide) groups is 1. The zero-order chi connectivity index (χ0) is 15.4. The molecule has 6 heteroatoms. The Morgan fingerprint density at radius 2 is 1.71 bits per heavy atom. The average molecular weight is 303 g/mol. The highest BCUT2D eigenvalue weighted by atomic mass is 32.2. The van der Waals surface area contributed by atoms with Crippen LogP contribution in [0.4, 0.5) is 5.69 Å². The van der Waals surface area contributed by atoms with Crippen molar-refractivity contribution >= 4 is 29.4 Å². The number of aliphatic carboxylic acids is 1. The second-order valence-electron chi connectivity index (χ2n) is 4.34. The molecule has 0 aliphatic rings. The number of hydrogen-bond acceptors (Lipinski definition) is 4. The molecular formula is C15H13NO4S. The summed E-state index contributed by atoms with van der Waals surface area (Å²) < 4.78 is 0. The molecule has 5 nitrogen and oxygen atoms in total. The van der Waals surface area contributed by atoms with E-state index in [-0.39, 0.29) is 5.56 Å². The quantitative estimate of drug-likeness (QED) is 0.580. The van der Waals surface area contributed by atoms with Gasteiger partial charge in [0.1, 0.15) is 5.25 Å². The van der Waals surface area contributed by atoms with Crippen LogP contribution in [-0.4, -0.2) is 22.2 Å². The summed E-state index contributed by atoms with van der Waals surface area (Å²) in [5.74, 6) is -2.04. The number of carboxylic acids is 2. The Labute approximate surface area is 125 Å². The molecule has 1 unspecified atom stereocenters. The van der Waals surface area contributed by atoms with Crippen molar-refractivity contribution in [1.82, 2.24) is 0 Å². The van der Waals surface area contributed by atoms with Gasteiger partial charge in [0.2, 0.25) is 0 Å². The van der Waals surface area contributed by atoms with Crippen molar-refractivity contribution in [3.05, 3.63) is 59.7 Å². The molecule has 0 heterocycles. The van der Waals surface area contributed by atoms with E-state index in [9.17, 15) is 14.7 Å². The van der Waals surface area contributed by atoms with E-state index in [0.717, 1.165) is 16.7 Å². The number of nitrogen functional groups attached to an aromatic ring is 1. The van der Waals surface area contributed by atoms with Crippen molar-refractivity contribution in [3.63, 3.8) is 0 Å². The van der Waals surface area contributed by atoms with E-state index in [1.807, 2.05) is 0 Å². The number of nitrogens with two attached hydrogens (primary N) is 1. The van der Waals surface area contributed by atoms with Crippen LogP contribution in [0.25, 0.3) is 0 Å². The molecule has 0 spiro atoms. The maximum Gasteiger partial charge on any atom is 0.335 e. The van der Waals surface area contributed by atoms with Crippen LogP contribution in [0.2, 0.25) is 0 Å². The number of anilines is 1. The van der Waals surface area contributed by atoms with Crippen LogP contribution in [0.5, 0.6) is 0 Å². The van der Waals surface area contributed by atoms with Crippen molar-refractivity contribution < 1.29 is 19.8 Å². The predicted molar refractivity (Wildman–Crippen MR) is 80.5 cm³/mol. The van der Waals surface area contributed by atoms with Gasteiger partial charge in [0.15, 0.2) is 0 Å². The third kappa shape index (κ3) is 3.76. The molecule has 0 saturated heterocycles. The second-order valence-corrected chi connectivity index (χ2v) is 5.51. The Balaban J connectivity index is 2.26. The highest BCUT2D eigenvalue weighted by Crippen LogP contribution is 2.36. The number of hydrogen-bond donors (Lipinski definition) is 3. The SMILES string of the molecule is Nc1cccc(SC(C(=O)O)c2ccc(C(=O)O)cc2)c1. The van der Waals surface area contributed by atoms with E-state index in [0.29, 0.717) is 11.3 Å². The number of aromatic carboxylic acids is 1. The van der Waals surface area contributed by atoms with Gasteiger partial charge in [-0.05, 0) is 35.9 Å². The molecule has 0 aliphatic carbocycles. The first kappa shape index (κ1) is 14.9. The first-order valence-electron chi connectivity index (χ1n) is 6.05. The van der Waals surface area contributed by atoms with E-state index >= 15 is 0 Å². The van der Waals surface area contributed by atoms with Gasteiger partial charge in [0.25, 0.3) is 0 Å². The van der Waals surface area contributed by atoms with Gasteiger partial charge < -0.3 is 15.9 Å². The fourth-order valence-corrected chi connectivity index (χ4v) is 2.81. The van der Waals surface area contributed by atoms with Gasteiger partial charge in [-0.2, -0.15) is 0 Å². The van der Waals surface area contributed by atoms with E-state index in [4.69, 9.17) is 10.8 Å². The highest BCUT2D eigenvalue weighted by Gasteiger charge is 2.21. The van der Waals surface area contributed by atoms with Gasteiger partial charge in [-0.25, -0.2) is 4.79 Å². The summed E-state index contributed by atoms with van der Waals surface area (Å²) in [6.07, 6.45) is 0. The van der Waals surface area contributed by atoms with Gasteiger partial charge in [-0.15, -0.1) is 11.8 Å². The minimum Gasteiger partial charge on any atom is -0.480 e. The van der Waals surface area contributed by atoms with Crippen LogP contribution >= 0.6 is 11.8 Å². The first-order chi connectivity index (χ1) is 9.97. The topological polar surface area (TPSA) is 101 Å². The third-order valence-corrected chi connectivity index (χ3v) is 4.03. The van der Waals surface area contributed by atoms with Crippen molar-refractivity contribution in [2.45, 2.75) is 10.1 Å². The molecule has 2 rings (SSSR count). The van der Waals surface area contributed by atoms with Crippen LogP contribution in [0, 0.1) is 0 Å². The number of carboxylic acid groups (broad SMARTS) is 2. The summed E-state index contributed by atoms with van der Waals surface area (Å²) in [6, 6.07) is 12.8. The smallest absolute Gasteiger partial charge is 0.335 e. The lowest BCUT2D eigenvalue weighted by molar-refractivity contribution is -0.136. The number of rotatable bonds is 5. The largest absolute Gasteiger partial charge is 0.480 e. The van der Waals surface area contributed by atoms with E-state index in [2.05, 4.69) is 0 Å². The minimum absolute atomic E-state index is 0.122. The zero-order valence-corrected chi connectivity index (χ0v) is 11.7. The van der Waals surface area contributed by atoms with Crippen LogP contribution in [0.15, 0.2) is 53.4 Å². The second kappa shape index (κ2) is 6.32. The monoisotopic (exact) mass is 303 g/mol. The molecule has 1 atom stereocenters. The van der Waals surface area contributed by atoms with Gasteiger partial charge in [-0.1, -0.05) is 18.2 Å². The van der Waals surface area contributed by atoms with E-state index in [1.54, 1.807) is 24.3 Å². The maximum absolute atomic E-state index is 11.4. The molecule has 2 aromatic rings. The normalized spacial score (nSPS) is 11.8. The van der Waals surface area contributed by atoms with Crippen LogP contribution in [-0.2, 0) is 4.79 Å². The van der Waals surface area contributed by atoms with Crippen molar-refractivity contribution in [2.24, 2.45) is 0 Å². The Bertz CT molecular complexity index is 670. The van der Waals surface area contributed by atoms with E-state index < -0.39 is 17.2 Å². The molecule has 0 fully saturated rings. The van der Waals surface area contributed by atoms with Crippen LogP contribution in [0.3, 0.4) is 0 Å². The standard InChI is InChI=1S/C15H13NO4S/c16-11-2-1-3-12(8-11)21-13(15(19)20)9-4-6-10(7-5-9)14(17)18/h1-8,13H,16H2,(H,17,18)(H,19,20). The van der Waals surface area contributed by atoms with Gasteiger partial charge >= 0.3 is 11.9 Å². The minimum atomic E-state index is -1.04. The Kier molecular flexibility index (Phi) is 4.49. The Morgan fingerprint density at radius 1 is 1.05 bits per heavy atom. The molecule has 0 aromatic heterocycles. The van der Waals surface area contributed by atoms with Crippen LogP contribution in [0.1, 0.15) is 21.2 Å². The molecule has 108 valence electrons. The lowest BCUT2D eigenvalue weighted by Gasteiger charge is -2.13. The summed E-state index contributed by atoms with van der Waals surface area (Å²) in [5.41, 5.74) is 6.89. The molecule has 0 radical (unpaired) electrons. The molecule has 0 bridgehead atoms. The zero-order valence-electron chi connectivity index (χ0n) is 10.9. The molecule has 0 amide bonds. The number of carbonyl (C=O) groups is 2. The summed E-state index contributed by atoms with van der Waals surface area (Å²) >= 11 is 1.15. The maximum atomic E-state index is 11.4.